The van der Waals surface area contributed by atoms with Crippen molar-refractivity contribution in [2.45, 2.75) is 12.5 Å². The minimum Gasteiger partial charge on any atom is -0.507 e. The number of carbonyl (C=O) groups is 2. The van der Waals surface area contributed by atoms with Crippen molar-refractivity contribution in [1.29, 1.82) is 0 Å². The lowest BCUT2D eigenvalue weighted by molar-refractivity contribution is -0.140. The number of carbonyl (C=O) groups excluding carboxylic acids is 2. The van der Waals surface area contributed by atoms with E-state index in [0.29, 0.717) is 18.6 Å². The van der Waals surface area contributed by atoms with E-state index >= 15 is 0 Å². The zero-order valence-corrected chi connectivity index (χ0v) is 18.7. The summed E-state index contributed by atoms with van der Waals surface area (Å²) in [6, 6.07) is 10.4. The average molecular weight is 452 g/mol. The molecule has 1 aliphatic rings. The van der Waals surface area contributed by atoms with Crippen molar-refractivity contribution in [2.75, 3.05) is 27.4 Å². The Balaban J connectivity index is 1.96. The van der Waals surface area contributed by atoms with E-state index < -0.39 is 29.3 Å². The Kier molecular flexibility index (Phi) is 6.20. The van der Waals surface area contributed by atoms with Gasteiger partial charge in [-0.15, -0.1) is 0 Å². The Morgan fingerprint density at radius 2 is 1.91 bits per heavy atom. The average Bonchev–Trinajstić information content (AvgIpc) is 3.27. The third-order valence-electron chi connectivity index (χ3n) is 5.93. The number of ketones is 1. The molecule has 33 heavy (non-hydrogen) atoms. The number of hydrogen-bond donors (Lipinski definition) is 1. The van der Waals surface area contributed by atoms with E-state index in [4.69, 9.17) is 9.47 Å². The molecule has 0 radical (unpaired) electrons. The van der Waals surface area contributed by atoms with Gasteiger partial charge in [-0.1, -0.05) is 18.2 Å². The van der Waals surface area contributed by atoms with Gasteiger partial charge in [0.05, 0.1) is 24.3 Å². The number of nitrogens with zero attached hydrogens (tertiary/aromatic N) is 2. The van der Waals surface area contributed by atoms with E-state index in [1.165, 1.54) is 24.1 Å². The van der Waals surface area contributed by atoms with Gasteiger partial charge >= 0.3 is 0 Å². The van der Waals surface area contributed by atoms with Gasteiger partial charge in [0, 0.05) is 50.0 Å². The van der Waals surface area contributed by atoms with Gasteiger partial charge in [0.1, 0.15) is 17.3 Å². The van der Waals surface area contributed by atoms with Crippen LogP contribution in [0.2, 0.25) is 0 Å². The summed E-state index contributed by atoms with van der Waals surface area (Å²) in [5.74, 6) is -2.43. The summed E-state index contributed by atoms with van der Waals surface area (Å²) >= 11 is 0. The molecule has 2 aromatic carbocycles. The molecule has 4 rings (SSSR count). The molecule has 1 aliphatic heterocycles. The maximum Gasteiger partial charge on any atom is 0.295 e. The van der Waals surface area contributed by atoms with Crippen LogP contribution in [0.3, 0.4) is 0 Å². The number of amides is 1. The van der Waals surface area contributed by atoms with Crippen LogP contribution in [0.25, 0.3) is 16.7 Å². The Morgan fingerprint density at radius 1 is 1.15 bits per heavy atom. The summed E-state index contributed by atoms with van der Waals surface area (Å²) in [6.45, 7) is 0.659. The molecule has 1 amide bonds. The number of rotatable bonds is 7. The van der Waals surface area contributed by atoms with E-state index in [0.717, 1.165) is 17.0 Å². The highest BCUT2D eigenvalue weighted by molar-refractivity contribution is 6.46. The molecule has 1 fully saturated rings. The van der Waals surface area contributed by atoms with Crippen molar-refractivity contribution in [1.82, 2.24) is 9.47 Å². The number of aryl methyl sites for hydroxylation is 1. The Hall–Kier alpha value is -3.65. The smallest absolute Gasteiger partial charge is 0.295 e. The molecule has 3 aromatic rings. The summed E-state index contributed by atoms with van der Waals surface area (Å²) in [6.07, 6.45) is 2.36. The highest BCUT2D eigenvalue weighted by Crippen LogP contribution is 2.43. The van der Waals surface area contributed by atoms with Gasteiger partial charge in [0.15, 0.2) is 0 Å². The molecule has 0 spiro atoms. The molecule has 0 aliphatic carbocycles. The monoisotopic (exact) mass is 452 g/mol. The van der Waals surface area contributed by atoms with Crippen LogP contribution in [0.4, 0.5) is 4.39 Å². The van der Waals surface area contributed by atoms with E-state index in [1.807, 2.05) is 42.1 Å². The fourth-order valence-corrected chi connectivity index (χ4v) is 4.41. The number of aliphatic hydroxyl groups excluding tert-OH is 1. The second-order valence-corrected chi connectivity index (χ2v) is 7.90. The number of fused-ring (bicyclic) bond motifs is 1. The van der Waals surface area contributed by atoms with Crippen molar-refractivity contribution >= 4 is 28.4 Å². The van der Waals surface area contributed by atoms with Gasteiger partial charge in [-0.2, -0.15) is 0 Å². The fourth-order valence-electron chi connectivity index (χ4n) is 4.41. The lowest BCUT2D eigenvalue weighted by Crippen LogP contribution is -2.31. The quantitative estimate of drug-likeness (QED) is 0.255. The first-order chi connectivity index (χ1) is 15.9. The van der Waals surface area contributed by atoms with Crippen molar-refractivity contribution < 1.29 is 28.6 Å². The highest BCUT2D eigenvalue weighted by atomic mass is 19.1. The molecule has 8 heteroatoms. The van der Waals surface area contributed by atoms with E-state index in [-0.39, 0.29) is 23.4 Å². The van der Waals surface area contributed by atoms with Crippen LogP contribution < -0.4 is 4.74 Å². The van der Waals surface area contributed by atoms with Crippen molar-refractivity contribution in [3.05, 3.63) is 71.2 Å². The standard InChI is InChI=1S/C25H25FN2O5/c1-27-14-18(16-7-4-5-8-19(16)27)22-21(24(30)25(31)28(22)11-6-12-32-2)23(29)17-13-15(26)9-10-20(17)33-3/h4-5,7-10,13-14,22,29H,6,11-12H2,1-3H3/b23-21+. The van der Waals surface area contributed by atoms with E-state index in [9.17, 15) is 19.1 Å². The molecule has 1 saturated heterocycles. The predicted molar refractivity (Wildman–Crippen MR) is 121 cm³/mol. The number of hydrogen-bond acceptors (Lipinski definition) is 5. The summed E-state index contributed by atoms with van der Waals surface area (Å²) in [7, 11) is 4.82. The number of likely N-dealkylation sites (tertiary alicyclic amines) is 1. The Morgan fingerprint density at radius 3 is 2.64 bits per heavy atom. The molecular formula is C25H25FN2O5. The van der Waals surface area contributed by atoms with Gasteiger partial charge in [0.2, 0.25) is 0 Å². The highest BCUT2D eigenvalue weighted by Gasteiger charge is 2.47. The number of halogens is 1. The van der Waals surface area contributed by atoms with Gasteiger partial charge < -0.3 is 24.0 Å². The number of aliphatic hydroxyl groups is 1. The first-order valence-electron chi connectivity index (χ1n) is 10.5. The van der Waals surface area contributed by atoms with E-state index in [1.54, 1.807) is 7.11 Å². The molecule has 1 aromatic heterocycles. The van der Waals surface area contributed by atoms with Crippen molar-refractivity contribution in [3.8, 4) is 5.75 Å². The number of methoxy groups -OCH3 is 2. The minimum absolute atomic E-state index is 0.0117. The maximum absolute atomic E-state index is 14.0. The molecular weight excluding hydrogens is 427 g/mol. The second kappa shape index (κ2) is 9.07. The minimum atomic E-state index is -0.846. The molecule has 1 N–H and O–H groups in total. The third-order valence-corrected chi connectivity index (χ3v) is 5.93. The Labute approximate surface area is 190 Å². The number of aromatic nitrogens is 1. The van der Waals surface area contributed by atoms with Crippen molar-refractivity contribution in [2.24, 2.45) is 7.05 Å². The molecule has 1 atom stereocenters. The molecule has 0 bridgehead atoms. The van der Waals surface area contributed by atoms with E-state index in [2.05, 4.69) is 0 Å². The van der Waals surface area contributed by atoms with Crippen LogP contribution >= 0.6 is 0 Å². The molecule has 7 nitrogen and oxygen atoms in total. The SMILES string of the molecule is COCCCN1C(=O)C(=O)/C(=C(/O)c2cc(F)ccc2OC)C1c1cn(C)c2ccccc12. The largest absolute Gasteiger partial charge is 0.507 e. The van der Waals surface area contributed by atoms with Gasteiger partial charge in [-0.25, -0.2) is 4.39 Å². The normalized spacial score (nSPS) is 17.8. The molecule has 0 saturated carbocycles. The number of Topliss-reactive ketones (excluding diaryl/α,β-unsaturated/α-hetero) is 1. The summed E-state index contributed by atoms with van der Waals surface area (Å²) in [5, 5.41) is 12.1. The fraction of sp³-hybridized carbons (Fsp3) is 0.280. The first kappa shape index (κ1) is 22.5. The van der Waals surface area contributed by atoms with Crippen LogP contribution in [-0.4, -0.2) is 53.6 Å². The van der Waals surface area contributed by atoms with Gasteiger partial charge in [-0.3, -0.25) is 9.59 Å². The first-order valence-corrected chi connectivity index (χ1v) is 10.5. The lowest BCUT2D eigenvalue weighted by atomic mass is 9.94. The zero-order valence-electron chi connectivity index (χ0n) is 18.7. The van der Waals surface area contributed by atoms with Crippen LogP contribution in [0.1, 0.15) is 23.6 Å². The zero-order chi connectivity index (χ0) is 23.7. The topological polar surface area (TPSA) is 81.0 Å². The van der Waals surface area contributed by atoms with Crippen LogP contribution in [0.15, 0.2) is 54.2 Å². The molecule has 1 unspecified atom stereocenters. The Bertz CT molecular complexity index is 1260. The van der Waals surface area contributed by atoms with Crippen LogP contribution in [0.5, 0.6) is 5.75 Å². The number of benzene rings is 2. The van der Waals surface area contributed by atoms with Crippen LogP contribution in [0, 0.1) is 5.82 Å². The molecule has 2 heterocycles. The second-order valence-electron chi connectivity index (χ2n) is 7.90. The van der Waals surface area contributed by atoms with Crippen molar-refractivity contribution in [3.63, 3.8) is 0 Å². The number of para-hydroxylation sites is 1. The number of ether oxygens (including phenoxy) is 2. The summed E-state index contributed by atoms with van der Waals surface area (Å²) in [5.41, 5.74) is 1.52. The summed E-state index contributed by atoms with van der Waals surface area (Å²) in [4.78, 5) is 27.7. The molecule has 172 valence electrons. The predicted octanol–water partition coefficient (Wildman–Crippen LogP) is 3.78. The van der Waals surface area contributed by atoms with Crippen LogP contribution in [-0.2, 0) is 21.4 Å². The summed E-state index contributed by atoms with van der Waals surface area (Å²) < 4.78 is 26.3. The van der Waals surface area contributed by atoms with Gasteiger partial charge in [0.25, 0.3) is 11.7 Å². The maximum atomic E-state index is 14.0. The third kappa shape index (κ3) is 3.87. The van der Waals surface area contributed by atoms with Gasteiger partial charge in [-0.05, 0) is 30.7 Å². The lowest BCUT2D eigenvalue weighted by Gasteiger charge is -2.25.